The largest absolute Gasteiger partial charge is 0.494 e. The topological polar surface area (TPSA) is 39.7 Å². The van der Waals surface area contributed by atoms with Gasteiger partial charge in [-0.25, -0.2) is 0 Å². The van der Waals surface area contributed by atoms with E-state index >= 15 is 0 Å². The molecule has 4 nitrogen and oxygen atoms in total. The SMILES string of the molecule is CCCCCOc1ccc(CNc2cccc(OCC3CCCO3)c2)cc1. The van der Waals surface area contributed by atoms with Crippen LogP contribution in [0.5, 0.6) is 11.5 Å². The van der Waals surface area contributed by atoms with Crippen molar-refractivity contribution in [2.75, 3.05) is 25.1 Å². The molecule has 0 bridgehead atoms. The molecule has 0 amide bonds. The summed E-state index contributed by atoms with van der Waals surface area (Å²) in [5.41, 5.74) is 2.28. The smallest absolute Gasteiger partial charge is 0.121 e. The third-order valence-electron chi connectivity index (χ3n) is 4.73. The highest BCUT2D eigenvalue weighted by atomic mass is 16.5. The van der Waals surface area contributed by atoms with Crippen LogP contribution in [0.3, 0.4) is 0 Å². The Bertz CT molecular complexity index is 666. The summed E-state index contributed by atoms with van der Waals surface area (Å²) in [6.45, 7) is 5.25. The molecule has 3 rings (SSSR count). The van der Waals surface area contributed by atoms with Crippen molar-refractivity contribution in [3.8, 4) is 11.5 Å². The fraction of sp³-hybridized carbons (Fsp3) is 0.478. The first-order chi connectivity index (χ1) is 13.3. The normalized spacial score (nSPS) is 16.3. The van der Waals surface area contributed by atoms with E-state index in [1.807, 2.05) is 30.3 Å². The number of nitrogens with one attached hydrogen (secondary N) is 1. The highest BCUT2D eigenvalue weighted by Crippen LogP contribution is 2.21. The van der Waals surface area contributed by atoms with Gasteiger partial charge in [-0.15, -0.1) is 0 Å². The highest BCUT2D eigenvalue weighted by Gasteiger charge is 2.15. The lowest BCUT2D eigenvalue weighted by atomic mass is 10.2. The molecule has 27 heavy (non-hydrogen) atoms. The molecule has 2 aromatic rings. The summed E-state index contributed by atoms with van der Waals surface area (Å²) in [5.74, 6) is 1.82. The molecule has 1 N–H and O–H groups in total. The number of hydrogen-bond acceptors (Lipinski definition) is 4. The Morgan fingerprint density at radius 3 is 2.70 bits per heavy atom. The van der Waals surface area contributed by atoms with Crippen LogP contribution in [0.2, 0.25) is 0 Å². The molecule has 0 spiro atoms. The minimum absolute atomic E-state index is 0.240. The van der Waals surface area contributed by atoms with Gasteiger partial charge in [-0.3, -0.25) is 0 Å². The molecule has 2 aromatic carbocycles. The van der Waals surface area contributed by atoms with Crippen molar-refractivity contribution in [2.24, 2.45) is 0 Å². The predicted octanol–water partition coefficient (Wildman–Crippen LogP) is 5.43. The van der Waals surface area contributed by atoms with E-state index in [0.29, 0.717) is 6.61 Å². The van der Waals surface area contributed by atoms with Crippen LogP contribution in [0.4, 0.5) is 5.69 Å². The average molecular weight is 370 g/mol. The van der Waals surface area contributed by atoms with E-state index in [1.54, 1.807) is 0 Å². The summed E-state index contributed by atoms with van der Waals surface area (Å²) in [6, 6.07) is 16.4. The first kappa shape index (κ1) is 19.6. The highest BCUT2D eigenvalue weighted by molar-refractivity contribution is 5.48. The van der Waals surface area contributed by atoms with Gasteiger partial charge in [0.15, 0.2) is 0 Å². The van der Waals surface area contributed by atoms with Gasteiger partial charge in [0.05, 0.1) is 12.7 Å². The van der Waals surface area contributed by atoms with Gasteiger partial charge in [0, 0.05) is 24.9 Å². The van der Waals surface area contributed by atoms with Crippen molar-refractivity contribution >= 4 is 5.69 Å². The Morgan fingerprint density at radius 2 is 1.93 bits per heavy atom. The number of anilines is 1. The van der Waals surface area contributed by atoms with Gasteiger partial charge >= 0.3 is 0 Å². The van der Waals surface area contributed by atoms with Crippen molar-refractivity contribution in [2.45, 2.75) is 51.7 Å². The molecule has 146 valence electrons. The summed E-state index contributed by atoms with van der Waals surface area (Å²) in [4.78, 5) is 0. The molecule has 1 heterocycles. The van der Waals surface area contributed by atoms with Crippen molar-refractivity contribution in [1.82, 2.24) is 0 Å². The molecule has 0 radical (unpaired) electrons. The second-order valence-corrected chi connectivity index (χ2v) is 7.03. The van der Waals surface area contributed by atoms with Gasteiger partial charge in [0.25, 0.3) is 0 Å². The Morgan fingerprint density at radius 1 is 1.04 bits per heavy atom. The zero-order chi connectivity index (χ0) is 18.7. The lowest BCUT2D eigenvalue weighted by Crippen LogP contribution is -2.16. The van der Waals surface area contributed by atoms with E-state index in [1.165, 1.54) is 18.4 Å². The number of rotatable bonds is 11. The van der Waals surface area contributed by atoms with Crippen LogP contribution < -0.4 is 14.8 Å². The molecule has 4 heteroatoms. The molecular weight excluding hydrogens is 338 g/mol. The number of unbranched alkanes of at least 4 members (excludes halogenated alkanes) is 2. The van der Waals surface area contributed by atoms with Crippen molar-refractivity contribution in [1.29, 1.82) is 0 Å². The molecule has 1 atom stereocenters. The molecule has 0 saturated carbocycles. The Kier molecular flexibility index (Phi) is 7.84. The number of benzene rings is 2. The van der Waals surface area contributed by atoms with Crippen molar-refractivity contribution in [3.63, 3.8) is 0 Å². The zero-order valence-electron chi connectivity index (χ0n) is 16.3. The van der Waals surface area contributed by atoms with Gasteiger partial charge in [0.1, 0.15) is 18.1 Å². The fourth-order valence-electron chi connectivity index (χ4n) is 3.11. The molecule has 1 aliphatic heterocycles. The summed E-state index contributed by atoms with van der Waals surface area (Å²) in [5, 5.41) is 3.46. The zero-order valence-corrected chi connectivity index (χ0v) is 16.3. The third kappa shape index (κ3) is 6.79. The van der Waals surface area contributed by atoms with Crippen LogP contribution >= 0.6 is 0 Å². The number of ether oxygens (including phenoxy) is 3. The molecule has 1 unspecified atom stereocenters. The van der Waals surface area contributed by atoms with Gasteiger partial charge in [-0.1, -0.05) is 38.0 Å². The Labute approximate surface area is 162 Å². The van der Waals surface area contributed by atoms with Crippen LogP contribution in [0.15, 0.2) is 48.5 Å². The van der Waals surface area contributed by atoms with Gasteiger partial charge in [0.2, 0.25) is 0 Å². The molecule has 1 aliphatic rings. The Hall–Kier alpha value is -2.20. The first-order valence-corrected chi connectivity index (χ1v) is 10.1. The first-order valence-electron chi connectivity index (χ1n) is 10.1. The van der Waals surface area contributed by atoms with E-state index in [-0.39, 0.29) is 6.10 Å². The quantitative estimate of drug-likeness (QED) is 0.537. The van der Waals surface area contributed by atoms with Crippen LogP contribution in [-0.4, -0.2) is 25.9 Å². The summed E-state index contributed by atoms with van der Waals surface area (Å²) in [6.07, 6.45) is 6.02. The van der Waals surface area contributed by atoms with Gasteiger partial charge < -0.3 is 19.5 Å². The number of hydrogen-bond donors (Lipinski definition) is 1. The fourth-order valence-corrected chi connectivity index (χ4v) is 3.11. The second-order valence-electron chi connectivity index (χ2n) is 7.03. The molecule has 0 aromatic heterocycles. The van der Waals surface area contributed by atoms with E-state index in [9.17, 15) is 0 Å². The lowest BCUT2D eigenvalue weighted by molar-refractivity contribution is 0.0680. The minimum atomic E-state index is 0.240. The van der Waals surface area contributed by atoms with Crippen LogP contribution in [0.1, 0.15) is 44.6 Å². The molecule has 1 saturated heterocycles. The second kappa shape index (κ2) is 10.8. The maximum atomic E-state index is 5.87. The van der Waals surface area contributed by atoms with E-state index in [0.717, 1.165) is 56.2 Å². The maximum absolute atomic E-state index is 5.87. The maximum Gasteiger partial charge on any atom is 0.121 e. The Balaban J connectivity index is 1.43. The predicted molar refractivity (Wildman–Crippen MR) is 110 cm³/mol. The van der Waals surface area contributed by atoms with Crippen LogP contribution in [-0.2, 0) is 11.3 Å². The molecule has 1 fully saturated rings. The summed E-state index contributed by atoms with van der Waals surface area (Å²) < 4.78 is 17.2. The van der Waals surface area contributed by atoms with Gasteiger partial charge in [-0.05, 0) is 49.1 Å². The van der Waals surface area contributed by atoms with E-state index < -0.39 is 0 Å². The van der Waals surface area contributed by atoms with E-state index in [2.05, 4.69) is 30.4 Å². The van der Waals surface area contributed by atoms with Crippen LogP contribution in [0.25, 0.3) is 0 Å². The van der Waals surface area contributed by atoms with Crippen molar-refractivity contribution in [3.05, 3.63) is 54.1 Å². The summed E-state index contributed by atoms with van der Waals surface area (Å²) in [7, 11) is 0. The minimum Gasteiger partial charge on any atom is -0.494 e. The van der Waals surface area contributed by atoms with E-state index in [4.69, 9.17) is 14.2 Å². The van der Waals surface area contributed by atoms with Crippen LogP contribution in [0, 0.1) is 0 Å². The molecule has 0 aliphatic carbocycles. The average Bonchev–Trinajstić information content (AvgIpc) is 3.23. The molecular formula is C23H31NO3. The summed E-state index contributed by atoms with van der Waals surface area (Å²) >= 11 is 0. The van der Waals surface area contributed by atoms with Gasteiger partial charge in [-0.2, -0.15) is 0 Å². The third-order valence-corrected chi connectivity index (χ3v) is 4.73. The monoisotopic (exact) mass is 369 g/mol. The standard InChI is InChI=1S/C23H31NO3/c1-2-3-4-14-25-21-12-10-19(11-13-21)17-24-20-7-5-8-22(16-20)27-18-23-9-6-15-26-23/h5,7-8,10-13,16,23-24H,2-4,6,9,14-15,17-18H2,1H3. The van der Waals surface area contributed by atoms with Crippen molar-refractivity contribution < 1.29 is 14.2 Å². The lowest BCUT2D eigenvalue weighted by Gasteiger charge is -2.13.